The van der Waals surface area contributed by atoms with Gasteiger partial charge in [-0.15, -0.1) is 0 Å². The second kappa shape index (κ2) is 13.1. The Morgan fingerprint density at radius 3 is 1.92 bits per heavy atom. The number of hydrogen-bond acceptors (Lipinski definition) is 4. The van der Waals surface area contributed by atoms with E-state index in [1.54, 1.807) is 45.0 Å². The van der Waals surface area contributed by atoms with E-state index in [1.807, 2.05) is 66.7 Å². The fourth-order valence-corrected chi connectivity index (χ4v) is 3.87. The van der Waals surface area contributed by atoms with Crippen molar-refractivity contribution in [2.75, 3.05) is 0 Å². The van der Waals surface area contributed by atoms with Gasteiger partial charge in [0.25, 0.3) is 5.91 Å². The second-order valence-electron chi connectivity index (χ2n) is 9.74. The molecule has 0 aliphatic rings. The number of carbonyl (C=O) groups excluding carboxylic acids is 3. The first-order valence-corrected chi connectivity index (χ1v) is 12.4. The summed E-state index contributed by atoms with van der Waals surface area (Å²) in [6.07, 6.45) is 5.25. The number of amides is 3. The van der Waals surface area contributed by atoms with Gasteiger partial charge in [-0.3, -0.25) is 14.5 Å². The van der Waals surface area contributed by atoms with Gasteiger partial charge >= 0.3 is 6.09 Å². The number of alkyl carbamates (subject to hydrolysis) is 1. The maximum Gasteiger partial charge on any atom is 0.408 e. The minimum atomic E-state index is -1.11. The number of rotatable bonds is 9. The Morgan fingerprint density at radius 2 is 1.39 bits per heavy atom. The van der Waals surface area contributed by atoms with E-state index in [2.05, 4.69) is 16.7 Å². The van der Waals surface area contributed by atoms with Crippen molar-refractivity contribution in [3.8, 4) is 12.5 Å². The molecule has 3 aromatic carbocycles. The lowest BCUT2D eigenvalue weighted by Crippen LogP contribution is -2.52. The van der Waals surface area contributed by atoms with Crippen LogP contribution in [0.5, 0.6) is 0 Å². The van der Waals surface area contributed by atoms with E-state index in [0.717, 1.165) is 16.0 Å². The first kappa shape index (κ1) is 28.0. The highest BCUT2D eigenvalue weighted by Crippen LogP contribution is 2.23. The first-order chi connectivity index (χ1) is 18.2. The Balaban J connectivity index is 1.91. The average Bonchev–Trinajstić information content (AvgIpc) is 2.90. The summed E-state index contributed by atoms with van der Waals surface area (Å²) < 4.78 is 5.40. The molecule has 2 N–H and O–H groups in total. The topological polar surface area (TPSA) is 87.7 Å². The molecule has 2 atom stereocenters. The van der Waals surface area contributed by atoms with Crippen LogP contribution in [-0.2, 0) is 27.3 Å². The van der Waals surface area contributed by atoms with Gasteiger partial charge in [-0.2, -0.15) is 0 Å². The number of ether oxygens (including phenoxy) is 1. The third-order valence-corrected chi connectivity index (χ3v) is 5.58. The monoisotopic (exact) mass is 511 g/mol. The zero-order valence-corrected chi connectivity index (χ0v) is 21.9. The van der Waals surface area contributed by atoms with Crippen molar-refractivity contribution in [3.05, 3.63) is 108 Å². The Labute approximate surface area is 224 Å². The quantitative estimate of drug-likeness (QED) is 0.325. The molecule has 7 nitrogen and oxygen atoms in total. The molecule has 0 aliphatic carbocycles. The van der Waals surface area contributed by atoms with Gasteiger partial charge in [-0.05, 0) is 37.5 Å². The molecular weight excluding hydrogens is 478 g/mol. The largest absolute Gasteiger partial charge is 0.444 e. The smallest absolute Gasteiger partial charge is 0.408 e. The van der Waals surface area contributed by atoms with Crippen molar-refractivity contribution in [2.24, 2.45) is 0 Å². The fourth-order valence-electron chi connectivity index (χ4n) is 3.87. The minimum absolute atomic E-state index is 0.157. The highest BCUT2D eigenvalue weighted by Gasteiger charge is 2.36. The molecule has 0 heterocycles. The SMILES string of the molecule is C#CN(C(=O)C(Cc1ccccc1)NC(=O)OC(C)(C)C)C(C(=O)NCc1ccccc1)c1ccccc1. The standard InChI is InChI=1S/C31H33N3O4/c1-5-34(27(25-19-13-8-14-20-25)28(35)32-22-24-17-11-7-12-18-24)29(36)26(21-23-15-9-6-10-16-23)33-30(37)38-31(2,3)4/h1,6-20,26-27H,21-22H2,2-4H3,(H,32,35)(H,33,37). The van der Waals surface area contributed by atoms with E-state index in [9.17, 15) is 14.4 Å². The van der Waals surface area contributed by atoms with Crippen LogP contribution < -0.4 is 10.6 Å². The summed E-state index contributed by atoms with van der Waals surface area (Å²) in [7, 11) is 0. The van der Waals surface area contributed by atoms with Crippen molar-refractivity contribution in [1.82, 2.24) is 15.5 Å². The zero-order chi connectivity index (χ0) is 27.5. The van der Waals surface area contributed by atoms with Crippen LogP contribution in [-0.4, -0.2) is 34.5 Å². The highest BCUT2D eigenvalue weighted by molar-refractivity contribution is 5.93. The molecule has 0 bridgehead atoms. The van der Waals surface area contributed by atoms with E-state index in [-0.39, 0.29) is 13.0 Å². The Morgan fingerprint density at radius 1 is 0.868 bits per heavy atom. The third-order valence-electron chi connectivity index (χ3n) is 5.58. The van der Waals surface area contributed by atoms with Crippen LogP contribution in [0.4, 0.5) is 4.79 Å². The lowest BCUT2D eigenvalue weighted by molar-refractivity contribution is -0.138. The number of terminal acetylenes is 1. The van der Waals surface area contributed by atoms with Gasteiger partial charge < -0.3 is 15.4 Å². The Bertz CT molecular complexity index is 1250. The van der Waals surface area contributed by atoms with Gasteiger partial charge in [-0.1, -0.05) is 97.4 Å². The van der Waals surface area contributed by atoms with Crippen LogP contribution in [0.25, 0.3) is 0 Å². The summed E-state index contributed by atoms with van der Waals surface area (Å²) in [6.45, 7) is 5.46. The van der Waals surface area contributed by atoms with E-state index in [1.165, 1.54) is 0 Å². The maximum absolute atomic E-state index is 13.9. The van der Waals surface area contributed by atoms with Crippen molar-refractivity contribution < 1.29 is 19.1 Å². The minimum Gasteiger partial charge on any atom is -0.444 e. The normalized spacial score (nSPS) is 12.4. The molecule has 196 valence electrons. The lowest BCUT2D eigenvalue weighted by atomic mass is 10.0. The van der Waals surface area contributed by atoms with Crippen molar-refractivity contribution in [1.29, 1.82) is 0 Å². The Kier molecular flexibility index (Phi) is 9.66. The molecule has 0 saturated carbocycles. The second-order valence-corrected chi connectivity index (χ2v) is 9.74. The van der Waals surface area contributed by atoms with Gasteiger partial charge in [-0.25, -0.2) is 4.79 Å². The molecule has 3 aromatic rings. The average molecular weight is 512 g/mol. The zero-order valence-electron chi connectivity index (χ0n) is 21.9. The lowest BCUT2D eigenvalue weighted by Gasteiger charge is -2.30. The van der Waals surface area contributed by atoms with Gasteiger partial charge in [0.2, 0.25) is 5.91 Å². The number of nitrogens with zero attached hydrogens (tertiary/aromatic N) is 1. The first-order valence-electron chi connectivity index (χ1n) is 12.4. The summed E-state index contributed by atoms with van der Waals surface area (Å²) in [4.78, 5) is 41.1. The summed E-state index contributed by atoms with van der Waals surface area (Å²) in [5, 5.41) is 5.55. The van der Waals surface area contributed by atoms with Crippen LogP contribution in [0, 0.1) is 12.5 Å². The highest BCUT2D eigenvalue weighted by atomic mass is 16.6. The molecule has 7 heteroatoms. The van der Waals surface area contributed by atoms with Gasteiger partial charge in [0.15, 0.2) is 0 Å². The summed E-state index contributed by atoms with van der Waals surface area (Å²) in [5.41, 5.74) is 1.49. The van der Waals surface area contributed by atoms with Gasteiger partial charge in [0, 0.05) is 19.0 Å². The molecule has 0 saturated heterocycles. The molecular formula is C31H33N3O4. The van der Waals surface area contributed by atoms with Crippen molar-refractivity contribution in [3.63, 3.8) is 0 Å². The van der Waals surface area contributed by atoms with E-state index < -0.39 is 35.6 Å². The molecule has 0 spiro atoms. The number of nitrogens with one attached hydrogen (secondary N) is 2. The van der Waals surface area contributed by atoms with E-state index in [4.69, 9.17) is 11.2 Å². The maximum atomic E-state index is 13.9. The molecule has 3 amide bonds. The van der Waals surface area contributed by atoms with E-state index in [0.29, 0.717) is 5.56 Å². The molecule has 0 aromatic heterocycles. The summed E-state index contributed by atoms with van der Waals surface area (Å²) in [5.74, 6) is -1.05. The number of carbonyl (C=O) groups is 3. The number of benzene rings is 3. The predicted octanol–water partition coefficient (Wildman–Crippen LogP) is 4.60. The Hall–Kier alpha value is -4.57. The van der Waals surface area contributed by atoms with Crippen LogP contribution in [0.1, 0.15) is 43.5 Å². The molecule has 3 rings (SSSR count). The van der Waals surface area contributed by atoms with Crippen molar-refractivity contribution >= 4 is 17.9 Å². The van der Waals surface area contributed by atoms with Crippen molar-refractivity contribution in [2.45, 2.75) is 51.4 Å². The molecule has 38 heavy (non-hydrogen) atoms. The molecule has 0 radical (unpaired) electrons. The predicted molar refractivity (Wildman–Crippen MR) is 146 cm³/mol. The van der Waals surface area contributed by atoms with Gasteiger partial charge in [0.05, 0.1) is 0 Å². The van der Waals surface area contributed by atoms with Crippen LogP contribution in [0.15, 0.2) is 91.0 Å². The number of hydrogen-bond donors (Lipinski definition) is 2. The summed E-state index contributed by atoms with van der Waals surface area (Å²) >= 11 is 0. The molecule has 0 fully saturated rings. The van der Waals surface area contributed by atoms with E-state index >= 15 is 0 Å². The van der Waals surface area contributed by atoms with Crippen LogP contribution in [0.3, 0.4) is 0 Å². The van der Waals surface area contributed by atoms with Crippen LogP contribution in [0.2, 0.25) is 0 Å². The third kappa shape index (κ3) is 8.24. The molecule has 2 unspecified atom stereocenters. The van der Waals surface area contributed by atoms with Crippen LogP contribution >= 0.6 is 0 Å². The summed E-state index contributed by atoms with van der Waals surface area (Å²) in [6, 6.07) is 27.7. The fraction of sp³-hybridized carbons (Fsp3) is 0.258. The molecule has 0 aliphatic heterocycles. The van der Waals surface area contributed by atoms with Gasteiger partial charge in [0.1, 0.15) is 17.7 Å².